The fraction of sp³-hybridized carbons (Fsp3) is 0.294. The molecule has 0 bridgehead atoms. The Balaban J connectivity index is 2.24. The van der Waals surface area contributed by atoms with Crippen molar-refractivity contribution in [2.75, 3.05) is 31.4 Å². The van der Waals surface area contributed by atoms with E-state index < -0.39 is 12.3 Å². The number of rotatable bonds is 7. The van der Waals surface area contributed by atoms with Gasteiger partial charge in [-0.05, 0) is 12.1 Å². The standard InChI is InChI=1S/C17H19Cl2N5O3S/c1-27-15(21)14-12(20)11-13(7-2-3-9(18)10(19)4-7)23-17(24-16(11)28-14)22-8(5-25)6-26/h2-4,8,15,25-26H,5-6,20-21H2,1H3,(H,22,23,24). The molecule has 150 valence electrons. The number of nitrogens with zero attached hydrogens (tertiary/aromatic N) is 2. The maximum atomic E-state index is 9.35. The average molecular weight is 444 g/mol. The zero-order valence-electron chi connectivity index (χ0n) is 14.8. The molecule has 0 aliphatic carbocycles. The van der Waals surface area contributed by atoms with E-state index >= 15 is 0 Å². The molecule has 7 N–H and O–H groups in total. The van der Waals surface area contributed by atoms with Crippen LogP contribution in [0, 0.1) is 0 Å². The number of fused-ring (bicyclic) bond motifs is 1. The molecule has 1 unspecified atom stereocenters. The number of thiophene rings is 1. The molecule has 2 heterocycles. The lowest BCUT2D eigenvalue weighted by atomic mass is 10.1. The number of anilines is 2. The van der Waals surface area contributed by atoms with Crippen LogP contribution in [0.25, 0.3) is 21.5 Å². The molecule has 0 fully saturated rings. The van der Waals surface area contributed by atoms with Gasteiger partial charge in [0, 0.05) is 12.7 Å². The third-order valence-electron chi connectivity index (χ3n) is 4.10. The van der Waals surface area contributed by atoms with Gasteiger partial charge in [0.25, 0.3) is 0 Å². The van der Waals surface area contributed by atoms with Gasteiger partial charge in [0.1, 0.15) is 11.1 Å². The van der Waals surface area contributed by atoms with E-state index in [1.165, 1.54) is 18.4 Å². The summed E-state index contributed by atoms with van der Waals surface area (Å²) in [5.41, 5.74) is 13.9. The van der Waals surface area contributed by atoms with Gasteiger partial charge in [-0.2, -0.15) is 0 Å². The van der Waals surface area contributed by atoms with Gasteiger partial charge in [-0.3, -0.25) is 0 Å². The molecule has 8 nitrogen and oxygen atoms in total. The Morgan fingerprint density at radius 2 is 1.93 bits per heavy atom. The van der Waals surface area contributed by atoms with Gasteiger partial charge in [0.05, 0.1) is 50.9 Å². The fourth-order valence-electron chi connectivity index (χ4n) is 2.61. The molecule has 11 heteroatoms. The summed E-state index contributed by atoms with van der Waals surface area (Å²) >= 11 is 13.5. The number of aliphatic hydroxyl groups is 2. The Morgan fingerprint density at radius 1 is 1.21 bits per heavy atom. The molecule has 0 aliphatic heterocycles. The molecule has 0 saturated heterocycles. The number of ether oxygens (including phenoxy) is 1. The largest absolute Gasteiger partial charge is 0.397 e. The highest BCUT2D eigenvalue weighted by atomic mass is 35.5. The number of methoxy groups -OCH3 is 1. The second-order valence-corrected chi connectivity index (χ2v) is 7.79. The number of nitrogens with one attached hydrogen (secondary N) is 1. The van der Waals surface area contributed by atoms with E-state index in [-0.39, 0.29) is 19.2 Å². The fourth-order valence-corrected chi connectivity index (χ4v) is 3.98. The van der Waals surface area contributed by atoms with Crippen LogP contribution in [-0.4, -0.2) is 46.5 Å². The van der Waals surface area contributed by atoms with Crippen LogP contribution in [0.5, 0.6) is 0 Å². The van der Waals surface area contributed by atoms with Crippen molar-refractivity contribution in [2.24, 2.45) is 5.73 Å². The summed E-state index contributed by atoms with van der Waals surface area (Å²) < 4.78 is 5.20. The van der Waals surface area contributed by atoms with Gasteiger partial charge in [0.15, 0.2) is 0 Å². The molecule has 1 aromatic carbocycles. The minimum atomic E-state index is -0.708. The van der Waals surface area contributed by atoms with Crippen molar-refractivity contribution >= 4 is 56.4 Å². The summed E-state index contributed by atoms with van der Waals surface area (Å²) in [7, 11) is 1.49. The van der Waals surface area contributed by atoms with Gasteiger partial charge in [0.2, 0.25) is 5.95 Å². The molecular formula is C17H19Cl2N5O3S. The molecule has 3 aromatic rings. The second-order valence-electron chi connectivity index (χ2n) is 5.95. The van der Waals surface area contributed by atoms with Crippen LogP contribution in [0.2, 0.25) is 10.0 Å². The van der Waals surface area contributed by atoms with Crippen LogP contribution in [-0.2, 0) is 4.74 Å². The zero-order chi connectivity index (χ0) is 20.4. The van der Waals surface area contributed by atoms with E-state index in [4.69, 9.17) is 39.4 Å². The summed E-state index contributed by atoms with van der Waals surface area (Å²) in [4.78, 5) is 10.2. The molecule has 1 atom stereocenters. The van der Waals surface area contributed by atoms with E-state index in [1.54, 1.807) is 18.2 Å². The Kier molecular flexibility index (Phi) is 6.56. The normalized spacial score (nSPS) is 12.7. The number of nitrogen functional groups attached to an aromatic ring is 1. The molecule has 0 radical (unpaired) electrons. The lowest BCUT2D eigenvalue weighted by molar-refractivity contribution is 0.113. The first-order valence-electron chi connectivity index (χ1n) is 8.21. The molecule has 0 saturated carbocycles. The maximum absolute atomic E-state index is 9.35. The molecule has 0 spiro atoms. The molecule has 28 heavy (non-hydrogen) atoms. The maximum Gasteiger partial charge on any atom is 0.225 e. The topological polar surface area (TPSA) is 140 Å². The molecular weight excluding hydrogens is 425 g/mol. The Labute approximate surface area is 175 Å². The van der Waals surface area contributed by atoms with Gasteiger partial charge < -0.3 is 31.7 Å². The predicted molar refractivity (Wildman–Crippen MR) is 113 cm³/mol. The summed E-state index contributed by atoms with van der Waals surface area (Å²) in [6.45, 7) is -0.571. The number of halogens is 2. The zero-order valence-corrected chi connectivity index (χ0v) is 17.1. The lowest BCUT2D eigenvalue weighted by Gasteiger charge is -2.14. The monoisotopic (exact) mass is 443 g/mol. The number of benzene rings is 1. The SMILES string of the molecule is COC(N)c1sc2nc(NC(CO)CO)nc(-c3ccc(Cl)c(Cl)c3)c2c1N. The van der Waals surface area contributed by atoms with Crippen molar-refractivity contribution in [1.29, 1.82) is 0 Å². The summed E-state index contributed by atoms with van der Waals surface area (Å²) in [6, 6.07) is 4.49. The van der Waals surface area contributed by atoms with Crippen molar-refractivity contribution in [3.63, 3.8) is 0 Å². The van der Waals surface area contributed by atoms with Crippen LogP contribution in [0.3, 0.4) is 0 Å². The summed E-state index contributed by atoms with van der Waals surface area (Å²) in [5.74, 6) is 0.223. The highest BCUT2D eigenvalue weighted by molar-refractivity contribution is 7.19. The van der Waals surface area contributed by atoms with E-state index in [0.29, 0.717) is 42.1 Å². The number of aromatic nitrogens is 2. The van der Waals surface area contributed by atoms with Crippen LogP contribution in [0.1, 0.15) is 11.1 Å². The highest BCUT2D eigenvalue weighted by Gasteiger charge is 2.22. The number of nitrogens with two attached hydrogens (primary N) is 2. The van der Waals surface area contributed by atoms with Gasteiger partial charge in [-0.25, -0.2) is 9.97 Å². The lowest BCUT2D eigenvalue weighted by Crippen LogP contribution is -2.28. The Bertz CT molecular complexity index is 997. The number of aliphatic hydroxyl groups excluding tert-OH is 2. The van der Waals surface area contributed by atoms with Gasteiger partial charge in [-0.15, -0.1) is 11.3 Å². The van der Waals surface area contributed by atoms with Crippen molar-refractivity contribution in [2.45, 2.75) is 12.3 Å². The Morgan fingerprint density at radius 3 is 2.54 bits per heavy atom. The average Bonchev–Trinajstić information content (AvgIpc) is 3.03. The minimum absolute atomic E-state index is 0.223. The van der Waals surface area contributed by atoms with Crippen LogP contribution in [0.4, 0.5) is 11.6 Å². The van der Waals surface area contributed by atoms with Crippen molar-refractivity contribution < 1.29 is 14.9 Å². The first-order chi connectivity index (χ1) is 13.4. The van der Waals surface area contributed by atoms with Crippen LogP contribution >= 0.6 is 34.5 Å². The molecule has 2 aromatic heterocycles. The Hall–Kier alpha value is -1.72. The highest BCUT2D eigenvalue weighted by Crippen LogP contribution is 2.42. The van der Waals surface area contributed by atoms with E-state index in [2.05, 4.69) is 15.3 Å². The van der Waals surface area contributed by atoms with Gasteiger partial charge in [-0.1, -0.05) is 29.3 Å². The quantitative estimate of drug-likeness (QED) is 0.351. The third kappa shape index (κ3) is 4.01. The van der Waals surface area contributed by atoms with Crippen molar-refractivity contribution in [1.82, 2.24) is 9.97 Å². The molecule has 0 aliphatic rings. The first-order valence-corrected chi connectivity index (χ1v) is 9.78. The first kappa shape index (κ1) is 21.0. The predicted octanol–water partition coefficient (Wildman–Crippen LogP) is 2.62. The van der Waals surface area contributed by atoms with Crippen LogP contribution in [0.15, 0.2) is 18.2 Å². The third-order valence-corrected chi connectivity index (χ3v) is 6.00. The minimum Gasteiger partial charge on any atom is -0.397 e. The molecule has 0 amide bonds. The summed E-state index contributed by atoms with van der Waals surface area (Å²) in [5, 5.41) is 23.0. The van der Waals surface area contributed by atoms with Crippen molar-refractivity contribution in [3.8, 4) is 11.3 Å². The second kappa shape index (κ2) is 8.75. The van der Waals surface area contributed by atoms with Crippen LogP contribution < -0.4 is 16.8 Å². The van der Waals surface area contributed by atoms with Crippen molar-refractivity contribution in [3.05, 3.63) is 33.1 Å². The number of hydrogen-bond acceptors (Lipinski definition) is 9. The number of hydrogen-bond donors (Lipinski definition) is 5. The molecule has 3 rings (SSSR count). The summed E-state index contributed by atoms with van der Waals surface area (Å²) in [6.07, 6.45) is -0.708. The van der Waals surface area contributed by atoms with E-state index in [1.807, 2.05) is 0 Å². The van der Waals surface area contributed by atoms with Gasteiger partial charge >= 0.3 is 0 Å². The van der Waals surface area contributed by atoms with E-state index in [0.717, 1.165) is 0 Å². The smallest absolute Gasteiger partial charge is 0.225 e. The van der Waals surface area contributed by atoms with E-state index in [9.17, 15) is 10.2 Å².